The Morgan fingerprint density at radius 3 is 1.33 bits per heavy atom. The van der Waals surface area contributed by atoms with Gasteiger partial charge in [0.25, 0.3) is 0 Å². The van der Waals surface area contributed by atoms with Crippen molar-refractivity contribution in [2.24, 2.45) is 0 Å². The van der Waals surface area contributed by atoms with Crippen molar-refractivity contribution in [2.45, 2.75) is 53.8 Å². The Labute approximate surface area is 115 Å². The fourth-order valence-electron chi connectivity index (χ4n) is 2.72. The summed E-state index contributed by atoms with van der Waals surface area (Å²) >= 11 is 0. The average molecular weight is 258 g/mol. The van der Waals surface area contributed by atoms with E-state index < -0.39 is 0 Å². The Hall–Kier alpha value is -0.120. The summed E-state index contributed by atoms with van der Waals surface area (Å²) in [5.74, 6) is 0. The van der Waals surface area contributed by atoms with Crippen LogP contribution in [0.1, 0.15) is 41.5 Å². The highest BCUT2D eigenvalue weighted by Crippen LogP contribution is 2.14. The first-order valence-corrected chi connectivity index (χ1v) is 7.64. The summed E-state index contributed by atoms with van der Waals surface area (Å²) in [5, 5.41) is 0. The zero-order valence-electron chi connectivity index (χ0n) is 14.0. The summed E-state index contributed by atoms with van der Waals surface area (Å²) in [6.07, 6.45) is 0.625. The fourth-order valence-corrected chi connectivity index (χ4v) is 2.72. The molecule has 110 valence electrons. The van der Waals surface area contributed by atoms with Crippen LogP contribution >= 0.6 is 0 Å². The molecular weight excluding hydrogens is 222 g/mol. The predicted molar refractivity (Wildman–Crippen MR) is 81.7 cm³/mol. The van der Waals surface area contributed by atoms with Crippen LogP contribution in [-0.4, -0.2) is 73.3 Å². The minimum Gasteiger partial charge on any atom is -0.325 e. The van der Waals surface area contributed by atoms with Gasteiger partial charge in [-0.05, 0) is 55.6 Å². The molecule has 18 heavy (non-hydrogen) atoms. The molecule has 1 aliphatic heterocycles. The first kappa shape index (κ1) is 17.9. The molecule has 2 unspecified atom stereocenters. The third-order valence-electron chi connectivity index (χ3n) is 5.16. The first-order valence-electron chi connectivity index (χ1n) is 7.64. The molecule has 3 nitrogen and oxygen atoms in total. The van der Waals surface area contributed by atoms with Crippen molar-refractivity contribution < 1.29 is 4.48 Å². The maximum absolute atomic E-state index is 2.39. The van der Waals surface area contributed by atoms with E-state index in [1.165, 1.54) is 37.2 Å². The molecule has 0 bridgehead atoms. The zero-order valence-corrected chi connectivity index (χ0v) is 14.0. The SMILES string of the molecule is CC1CN(C)C(C)N1C.CC[N+](CC)(CC)CC. The number of hydrogen-bond acceptors (Lipinski definition) is 2. The van der Waals surface area contributed by atoms with Crippen molar-refractivity contribution in [3.8, 4) is 0 Å². The molecule has 1 aliphatic rings. The van der Waals surface area contributed by atoms with E-state index in [-0.39, 0.29) is 0 Å². The van der Waals surface area contributed by atoms with Gasteiger partial charge in [0, 0.05) is 12.6 Å². The smallest absolute Gasteiger partial charge is 0.0757 e. The van der Waals surface area contributed by atoms with Gasteiger partial charge in [-0.1, -0.05) is 0 Å². The van der Waals surface area contributed by atoms with Gasteiger partial charge >= 0.3 is 0 Å². The molecule has 0 aromatic carbocycles. The van der Waals surface area contributed by atoms with E-state index in [1.54, 1.807) is 0 Å². The molecule has 0 radical (unpaired) electrons. The molecule has 1 saturated heterocycles. The molecule has 0 aromatic rings. The lowest BCUT2D eigenvalue weighted by Gasteiger charge is -2.34. The number of likely N-dealkylation sites (N-methyl/N-ethyl adjacent to an activating group) is 2. The van der Waals surface area contributed by atoms with Gasteiger partial charge in [0.05, 0.1) is 32.3 Å². The Bertz CT molecular complexity index is 184. The van der Waals surface area contributed by atoms with Gasteiger partial charge in [0.15, 0.2) is 0 Å². The van der Waals surface area contributed by atoms with E-state index in [4.69, 9.17) is 0 Å². The van der Waals surface area contributed by atoms with Crippen LogP contribution in [-0.2, 0) is 0 Å². The van der Waals surface area contributed by atoms with Gasteiger partial charge in [-0.15, -0.1) is 0 Å². The standard InChI is InChI=1S/C8H20N.C7H16N2/c1-5-9(6-2,7-3)8-4;1-6-5-8(3)7(2)9(6)4/h5-8H2,1-4H3;6-7H,5H2,1-4H3/q+1;. The fraction of sp³-hybridized carbons (Fsp3) is 1.00. The largest absolute Gasteiger partial charge is 0.325 e. The van der Waals surface area contributed by atoms with Crippen molar-refractivity contribution in [3.63, 3.8) is 0 Å². The third kappa shape index (κ3) is 4.52. The highest BCUT2D eigenvalue weighted by atomic mass is 15.4. The maximum Gasteiger partial charge on any atom is 0.0757 e. The first-order chi connectivity index (χ1) is 8.37. The highest BCUT2D eigenvalue weighted by molar-refractivity contribution is 4.80. The second-order valence-electron chi connectivity index (χ2n) is 5.69. The minimum atomic E-state index is 0.625. The summed E-state index contributed by atoms with van der Waals surface area (Å²) in [6, 6.07) is 0.727. The molecule has 0 N–H and O–H groups in total. The van der Waals surface area contributed by atoms with Crippen molar-refractivity contribution >= 4 is 0 Å². The van der Waals surface area contributed by atoms with E-state index in [9.17, 15) is 0 Å². The quantitative estimate of drug-likeness (QED) is 0.715. The van der Waals surface area contributed by atoms with Gasteiger partial charge in [-0.3, -0.25) is 9.80 Å². The van der Waals surface area contributed by atoms with Crippen molar-refractivity contribution in [3.05, 3.63) is 0 Å². The topological polar surface area (TPSA) is 6.48 Å². The molecule has 0 aromatic heterocycles. The minimum absolute atomic E-state index is 0.625. The monoisotopic (exact) mass is 258 g/mol. The summed E-state index contributed by atoms with van der Waals surface area (Å²) < 4.78 is 1.28. The molecule has 1 fully saturated rings. The van der Waals surface area contributed by atoms with Gasteiger partial charge in [-0.25, -0.2) is 0 Å². The van der Waals surface area contributed by atoms with Crippen molar-refractivity contribution in [2.75, 3.05) is 46.8 Å². The van der Waals surface area contributed by atoms with E-state index in [0.717, 1.165) is 6.04 Å². The van der Waals surface area contributed by atoms with Gasteiger partial charge < -0.3 is 4.48 Å². The Morgan fingerprint density at radius 1 is 0.889 bits per heavy atom. The van der Waals surface area contributed by atoms with Crippen LogP contribution in [0.5, 0.6) is 0 Å². The van der Waals surface area contributed by atoms with Gasteiger partial charge in [-0.2, -0.15) is 0 Å². The van der Waals surface area contributed by atoms with Crippen LogP contribution in [0.25, 0.3) is 0 Å². The van der Waals surface area contributed by atoms with E-state index in [0.29, 0.717) is 6.17 Å². The molecule has 3 heteroatoms. The van der Waals surface area contributed by atoms with E-state index in [2.05, 4.69) is 65.4 Å². The maximum atomic E-state index is 2.39. The average Bonchev–Trinajstić information content (AvgIpc) is 2.61. The normalized spacial score (nSPS) is 26.0. The Balaban J connectivity index is 0.000000321. The third-order valence-corrected chi connectivity index (χ3v) is 5.16. The van der Waals surface area contributed by atoms with E-state index in [1.807, 2.05) is 0 Å². The van der Waals surface area contributed by atoms with Crippen molar-refractivity contribution in [1.82, 2.24) is 9.80 Å². The van der Waals surface area contributed by atoms with Crippen LogP contribution in [0.2, 0.25) is 0 Å². The summed E-state index contributed by atoms with van der Waals surface area (Å²) in [5.41, 5.74) is 0. The Kier molecular flexibility index (Phi) is 8.08. The molecular formula is C15H36N3+. The lowest BCUT2D eigenvalue weighted by molar-refractivity contribution is -0.921. The lowest BCUT2D eigenvalue weighted by Crippen LogP contribution is -2.47. The molecule has 0 aliphatic carbocycles. The summed E-state index contributed by atoms with van der Waals surface area (Å²) in [4.78, 5) is 4.75. The second-order valence-corrected chi connectivity index (χ2v) is 5.69. The molecule has 2 atom stereocenters. The summed E-state index contributed by atoms with van der Waals surface area (Å²) in [7, 11) is 4.35. The molecule has 0 amide bonds. The van der Waals surface area contributed by atoms with Crippen LogP contribution in [0.4, 0.5) is 0 Å². The van der Waals surface area contributed by atoms with Crippen LogP contribution < -0.4 is 0 Å². The molecule has 1 rings (SSSR count). The lowest BCUT2D eigenvalue weighted by atomic mass is 10.3. The number of hydrogen-bond donors (Lipinski definition) is 0. The van der Waals surface area contributed by atoms with Crippen LogP contribution in [0.3, 0.4) is 0 Å². The zero-order chi connectivity index (χ0) is 14.3. The molecule has 1 heterocycles. The van der Waals surface area contributed by atoms with Gasteiger partial charge in [0.1, 0.15) is 0 Å². The Morgan fingerprint density at radius 2 is 1.28 bits per heavy atom. The van der Waals surface area contributed by atoms with E-state index >= 15 is 0 Å². The number of nitrogens with zero attached hydrogens (tertiary/aromatic N) is 3. The predicted octanol–water partition coefficient (Wildman–Crippen LogP) is 2.48. The molecule has 0 saturated carbocycles. The van der Waals surface area contributed by atoms with Crippen LogP contribution in [0, 0.1) is 0 Å². The number of rotatable bonds is 4. The molecule has 0 spiro atoms. The summed E-state index contributed by atoms with van der Waals surface area (Å²) in [6.45, 7) is 19.9. The van der Waals surface area contributed by atoms with Gasteiger partial charge in [0.2, 0.25) is 0 Å². The van der Waals surface area contributed by atoms with Crippen LogP contribution in [0.15, 0.2) is 0 Å². The highest BCUT2D eigenvalue weighted by Gasteiger charge is 2.27. The number of quaternary nitrogens is 1. The van der Waals surface area contributed by atoms with Crippen molar-refractivity contribution in [1.29, 1.82) is 0 Å². The second kappa shape index (κ2) is 8.13.